The van der Waals surface area contributed by atoms with Crippen molar-refractivity contribution < 1.29 is 58.3 Å². The van der Waals surface area contributed by atoms with Crippen LogP contribution in [0.3, 0.4) is 0 Å². The highest BCUT2D eigenvalue weighted by atomic mass is 16.5. The van der Waals surface area contributed by atoms with Crippen LogP contribution >= 0.6 is 0 Å². The second-order valence-corrected chi connectivity index (χ2v) is 17.4. The molecule has 0 atom stereocenters. The summed E-state index contributed by atoms with van der Waals surface area (Å²) in [5.74, 6) is 1.84. The highest BCUT2D eigenvalue weighted by Crippen LogP contribution is 2.55. The molecule has 12 heteroatoms. The normalized spacial score (nSPS) is 16.0. The molecular weight excluding hydrogens is 913 g/mol. The van der Waals surface area contributed by atoms with Gasteiger partial charge in [-0.05, 0) is 95.1 Å². The van der Waals surface area contributed by atoms with E-state index in [1.54, 1.807) is 105 Å². The second-order valence-electron chi connectivity index (χ2n) is 17.4. The molecule has 12 nitrogen and oxygen atoms in total. The minimum absolute atomic E-state index is 0.0898. The molecule has 0 spiro atoms. The van der Waals surface area contributed by atoms with E-state index in [9.17, 15) is 20.4 Å². The van der Waals surface area contributed by atoms with Gasteiger partial charge < -0.3 is 58.3 Å². The van der Waals surface area contributed by atoms with Crippen LogP contribution in [0.5, 0.6) is 69.0 Å². The zero-order chi connectivity index (χ0) is 50.8. The maximum absolute atomic E-state index is 10.7. The van der Waals surface area contributed by atoms with Crippen LogP contribution in [0, 0.1) is 0 Å². The molecule has 4 N–H and O–H groups in total. The van der Waals surface area contributed by atoms with E-state index in [1.165, 1.54) is 0 Å². The van der Waals surface area contributed by atoms with Crippen LogP contribution in [0.2, 0.25) is 0 Å². The standard InChI is InChI=1S/C60H56O12/c1-65-49-29-50(66-2)42-25-41(49)57(33-9-17-37(61)18-10-33)43-26-44(52(68-4)30-51(43)67-3)59(35-13-21-39(63)22-14-35)47-28-48(56(72-8)32-55(47)71-7)60(36-15-23-40(64)24-16-36)46-27-45(53(69-5)31-54(46)70-6)58(42)34-11-19-38(62)20-12-34/h9-32,57-64H,1-8H3. The Bertz CT molecular complexity index is 2680. The number of rotatable bonds is 12. The van der Waals surface area contributed by atoms with Crippen LogP contribution in [-0.4, -0.2) is 77.3 Å². The molecule has 72 heavy (non-hydrogen) atoms. The van der Waals surface area contributed by atoms with Crippen molar-refractivity contribution in [2.75, 3.05) is 56.9 Å². The monoisotopic (exact) mass is 968 g/mol. The van der Waals surface area contributed by atoms with Gasteiger partial charge in [-0.1, -0.05) is 48.5 Å². The molecule has 368 valence electrons. The SMILES string of the molecule is COc1cc(OC)c2cc1C(c1ccc(O)cc1)c1cc(c(OC)cc1OC)C(c1ccc(O)cc1)c1cc(c(OC)cc1OC)C(c1ccc(O)cc1)c1cc(c(OC)cc1OC)C2c1ccc(O)cc1. The van der Waals surface area contributed by atoms with Crippen molar-refractivity contribution in [3.8, 4) is 69.0 Å². The van der Waals surface area contributed by atoms with Crippen molar-refractivity contribution >= 4 is 0 Å². The average molecular weight is 969 g/mol. The van der Waals surface area contributed by atoms with Crippen LogP contribution in [0.25, 0.3) is 0 Å². The quantitative estimate of drug-likeness (QED) is 0.0921. The fourth-order valence-electron chi connectivity index (χ4n) is 10.4. The van der Waals surface area contributed by atoms with Crippen molar-refractivity contribution in [3.63, 3.8) is 0 Å². The van der Waals surface area contributed by atoms with E-state index in [1.807, 2.05) is 72.8 Å². The number of hydrogen-bond acceptors (Lipinski definition) is 12. The molecule has 0 aromatic heterocycles. The van der Waals surface area contributed by atoms with E-state index in [-0.39, 0.29) is 23.0 Å². The summed E-state index contributed by atoms with van der Waals surface area (Å²) in [5.41, 5.74) is 9.00. The first-order valence-electron chi connectivity index (χ1n) is 23.2. The third-order valence-corrected chi connectivity index (χ3v) is 13.7. The van der Waals surface area contributed by atoms with Gasteiger partial charge in [0.25, 0.3) is 0 Å². The van der Waals surface area contributed by atoms with Gasteiger partial charge in [0.2, 0.25) is 0 Å². The maximum atomic E-state index is 10.7. The molecule has 8 aromatic rings. The summed E-state index contributed by atoms with van der Waals surface area (Å²) in [6.45, 7) is 0. The number of benzene rings is 8. The van der Waals surface area contributed by atoms with Gasteiger partial charge in [0.05, 0.1) is 56.9 Å². The number of hydrogen-bond donors (Lipinski definition) is 4. The molecule has 8 bridgehead atoms. The molecule has 8 aromatic carbocycles. The minimum atomic E-state index is -0.640. The van der Waals surface area contributed by atoms with E-state index >= 15 is 0 Å². The van der Waals surface area contributed by atoms with Gasteiger partial charge in [-0.15, -0.1) is 0 Å². The van der Waals surface area contributed by atoms with E-state index in [0.29, 0.717) is 46.0 Å². The summed E-state index contributed by atoms with van der Waals surface area (Å²) in [6, 6.07) is 44.0. The molecule has 1 aliphatic rings. The Balaban J connectivity index is 1.55. The maximum Gasteiger partial charge on any atom is 0.126 e. The Morgan fingerprint density at radius 3 is 0.486 bits per heavy atom. The van der Waals surface area contributed by atoms with Gasteiger partial charge in [-0.3, -0.25) is 0 Å². The van der Waals surface area contributed by atoms with Crippen molar-refractivity contribution in [2.24, 2.45) is 0 Å². The van der Waals surface area contributed by atoms with Gasteiger partial charge in [-0.2, -0.15) is 0 Å². The Morgan fingerprint density at radius 2 is 0.361 bits per heavy atom. The average Bonchev–Trinajstić information content (AvgIpc) is 3.40. The first kappa shape index (κ1) is 48.4. The highest BCUT2D eigenvalue weighted by Gasteiger charge is 2.36. The molecule has 0 aliphatic heterocycles. The van der Waals surface area contributed by atoms with E-state index in [0.717, 1.165) is 66.8 Å². The summed E-state index contributed by atoms with van der Waals surface area (Å²) >= 11 is 0. The summed E-state index contributed by atoms with van der Waals surface area (Å²) in [5, 5.41) is 42.9. The largest absolute Gasteiger partial charge is 0.508 e. The third kappa shape index (κ3) is 8.80. The zero-order valence-corrected chi connectivity index (χ0v) is 41.2. The summed E-state index contributed by atoms with van der Waals surface area (Å²) in [4.78, 5) is 0. The fourth-order valence-corrected chi connectivity index (χ4v) is 10.4. The van der Waals surface area contributed by atoms with Gasteiger partial charge in [0, 0.05) is 92.4 Å². The molecule has 0 saturated heterocycles. The topological polar surface area (TPSA) is 155 Å². The fraction of sp³-hybridized carbons (Fsp3) is 0.200. The lowest BCUT2D eigenvalue weighted by atomic mass is 9.75. The number of aromatic hydroxyl groups is 4. The summed E-state index contributed by atoms with van der Waals surface area (Å²) < 4.78 is 50.6. The lowest BCUT2D eigenvalue weighted by Crippen LogP contribution is -2.16. The molecule has 0 heterocycles. The zero-order valence-electron chi connectivity index (χ0n) is 41.2. The minimum Gasteiger partial charge on any atom is -0.508 e. The molecule has 0 radical (unpaired) electrons. The molecule has 9 rings (SSSR count). The van der Waals surface area contributed by atoms with Gasteiger partial charge in [0.15, 0.2) is 0 Å². The molecular formula is C60H56O12. The van der Waals surface area contributed by atoms with Crippen molar-refractivity contribution in [2.45, 2.75) is 23.7 Å². The predicted octanol–water partition coefficient (Wildman–Crippen LogP) is 11.6. The molecule has 0 amide bonds. The second kappa shape index (κ2) is 20.4. The molecule has 0 saturated carbocycles. The number of ether oxygens (including phenoxy) is 8. The van der Waals surface area contributed by atoms with E-state index in [4.69, 9.17) is 37.9 Å². The van der Waals surface area contributed by atoms with Gasteiger partial charge in [-0.25, -0.2) is 0 Å². The Labute approximate surface area is 418 Å². The van der Waals surface area contributed by atoms with E-state index in [2.05, 4.69) is 24.3 Å². The van der Waals surface area contributed by atoms with Crippen LogP contribution in [-0.2, 0) is 0 Å². The Kier molecular flexibility index (Phi) is 13.7. The van der Waals surface area contributed by atoms with Crippen LogP contribution in [0.1, 0.15) is 90.4 Å². The van der Waals surface area contributed by atoms with Crippen LogP contribution in [0.4, 0.5) is 0 Å². The molecule has 1 aliphatic carbocycles. The first-order chi connectivity index (χ1) is 35.0. The number of phenolic OH excluding ortho intramolecular Hbond substituents is 4. The predicted molar refractivity (Wildman–Crippen MR) is 274 cm³/mol. The first-order valence-corrected chi connectivity index (χ1v) is 23.2. The van der Waals surface area contributed by atoms with Crippen molar-refractivity contribution in [3.05, 3.63) is 212 Å². The lowest BCUT2D eigenvalue weighted by molar-refractivity contribution is 0.379. The highest BCUT2D eigenvalue weighted by molar-refractivity contribution is 5.68. The third-order valence-electron chi connectivity index (χ3n) is 13.7. The van der Waals surface area contributed by atoms with E-state index < -0.39 is 23.7 Å². The molecule has 0 unspecified atom stereocenters. The van der Waals surface area contributed by atoms with Crippen LogP contribution in [0.15, 0.2) is 146 Å². The molecule has 0 fully saturated rings. The Hall–Kier alpha value is -8.64. The summed E-state index contributed by atoms with van der Waals surface area (Å²) in [7, 11) is 12.9. The van der Waals surface area contributed by atoms with Gasteiger partial charge in [0.1, 0.15) is 69.0 Å². The Morgan fingerprint density at radius 1 is 0.222 bits per heavy atom. The smallest absolute Gasteiger partial charge is 0.126 e. The number of methoxy groups -OCH3 is 8. The van der Waals surface area contributed by atoms with Crippen molar-refractivity contribution in [1.29, 1.82) is 0 Å². The van der Waals surface area contributed by atoms with Gasteiger partial charge >= 0.3 is 0 Å². The van der Waals surface area contributed by atoms with Crippen LogP contribution < -0.4 is 37.9 Å². The number of phenols is 4. The summed E-state index contributed by atoms with van der Waals surface area (Å²) in [6.07, 6.45) is 0. The van der Waals surface area contributed by atoms with Crippen molar-refractivity contribution in [1.82, 2.24) is 0 Å². The number of fused-ring (bicyclic) bond motifs is 8. The lowest BCUT2D eigenvalue weighted by Gasteiger charge is -2.32.